The third-order valence-corrected chi connectivity index (χ3v) is 3.98. The molecule has 0 unspecified atom stereocenters. The molecule has 5 heteroatoms. The summed E-state index contributed by atoms with van der Waals surface area (Å²) in [6.07, 6.45) is 1.59. The first-order chi connectivity index (χ1) is 10.1. The van der Waals surface area contributed by atoms with Crippen molar-refractivity contribution in [2.45, 2.75) is 0 Å². The number of carbonyl (C=O) groups excluding carboxylic acids is 1. The summed E-state index contributed by atoms with van der Waals surface area (Å²) in [5.41, 5.74) is 1.13. The highest BCUT2D eigenvalue weighted by molar-refractivity contribution is 6.43. The van der Waals surface area contributed by atoms with Crippen molar-refractivity contribution < 1.29 is 14.3 Å². The van der Waals surface area contributed by atoms with Gasteiger partial charge in [-0.1, -0.05) is 35.3 Å². The molecular formula is C16H10Cl2O3. The Kier molecular flexibility index (Phi) is 3.62. The molecule has 0 atom stereocenters. The Morgan fingerprint density at radius 1 is 1.19 bits per heavy atom. The maximum Gasteiger partial charge on any atom is 0.231 e. The van der Waals surface area contributed by atoms with Crippen LogP contribution in [-0.4, -0.2) is 12.9 Å². The van der Waals surface area contributed by atoms with Crippen LogP contribution in [0.1, 0.15) is 15.9 Å². The summed E-state index contributed by atoms with van der Waals surface area (Å²) >= 11 is 12.1. The average Bonchev–Trinajstić information content (AvgIpc) is 2.79. The molecule has 0 saturated carbocycles. The Labute approximate surface area is 131 Å². The first-order valence-electron chi connectivity index (χ1n) is 6.16. The van der Waals surface area contributed by atoms with Gasteiger partial charge in [-0.25, -0.2) is 0 Å². The highest BCUT2D eigenvalue weighted by Crippen LogP contribution is 2.36. The van der Waals surface area contributed by atoms with Crippen LogP contribution in [0.4, 0.5) is 0 Å². The number of allylic oxidation sites excluding steroid dienone is 1. The number of carbonyl (C=O) groups is 1. The minimum absolute atomic E-state index is 0.191. The summed E-state index contributed by atoms with van der Waals surface area (Å²) in [6, 6.07) is 10.3. The van der Waals surface area contributed by atoms with Crippen molar-refractivity contribution in [1.82, 2.24) is 0 Å². The smallest absolute Gasteiger partial charge is 0.231 e. The molecule has 0 amide bonds. The van der Waals surface area contributed by atoms with Crippen molar-refractivity contribution >= 4 is 35.1 Å². The van der Waals surface area contributed by atoms with E-state index in [-0.39, 0.29) is 11.5 Å². The molecule has 0 aromatic heterocycles. The first kappa shape index (κ1) is 14.0. The van der Waals surface area contributed by atoms with Crippen LogP contribution in [0.5, 0.6) is 11.5 Å². The second-order valence-electron chi connectivity index (χ2n) is 4.44. The minimum Gasteiger partial charge on any atom is -0.497 e. The number of fused-ring (bicyclic) bond motifs is 1. The Balaban J connectivity index is 2.01. The van der Waals surface area contributed by atoms with Crippen LogP contribution in [0.3, 0.4) is 0 Å². The van der Waals surface area contributed by atoms with E-state index in [2.05, 4.69) is 0 Å². The quantitative estimate of drug-likeness (QED) is 0.757. The normalized spacial score (nSPS) is 15.0. The Hall–Kier alpha value is -1.97. The molecule has 0 saturated heterocycles. The molecule has 1 aliphatic heterocycles. The van der Waals surface area contributed by atoms with Gasteiger partial charge in [-0.3, -0.25) is 4.79 Å². The fraction of sp³-hybridized carbons (Fsp3) is 0.0625. The third-order valence-electron chi connectivity index (χ3n) is 3.15. The number of hydrogen-bond donors (Lipinski definition) is 0. The monoisotopic (exact) mass is 320 g/mol. The van der Waals surface area contributed by atoms with Crippen molar-refractivity contribution in [3.8, 4) is 11.5 Å². The van der Waals surface area contributed by atoms with Crippen molar-refractivity contribution in [3.63, 3.8) is 0 Å². The Bertz CT molecular complexity index is 766. The molecule has 0 spiro atoms. The molecule has 2 aromatic carbocycles. The second-order valence-corrected chi connectivity index (χ2v) is 5.23. The van der Waals surface area contributed by atoms with Crippen LogP contribution in [0, 0.1) is 0 Å². The van der Waals surface area contributed by atoms with Gasteiger partial charge in [-0.2, -0.15) is 0 Å². The largest absolute Gasteiger partial charge is 0.497 e. The van der Waals surface area contributed by atoms with E-state index in [4.69, 9.17) is 32.7 Å². The zero-order valence-corrected chi connectivity index (χ0v) is 12.5. The number of methoxy groups -OCH3 is 1. The SMILES string of the molecule is COc1ccc2c(c1)O/C(=C\c1cccc(Cl)c1Cl)C2=O. The lowest BCUT2D eigenvalue weighted by Gasteiger charge is -2.03. The molecule has 0 N–H and O–H groups in total. The van der Waals surface area contributed by atoms with Crippen molar-refractivity contribution in [3.05, 3.63) is 63.3 Å². The minimum atomic E-state index is -0.191. The molecule has 21 heavy (non-hydrogen) atoms. The van der Waals surface area contributed by atoms with E-state index in [9.17, 15) is 4.79 Å². The molecule has 3 rings (SSSR count). The summed E-state index contributed by atoms with van der Waals surface area (Å²) in [5.74, 6) is 1.12. The molecule has 2 aromatic rings. The summed E-state index contributed by atoms with van der Waals surface area (Å²) < 4.78 is 10.7. The number of ketones is 1. The fourth-order valence-corrected chi connectivity index (χ4v) is 2.43. The van der Waals surface area contributed by atoms with Gasteiger partial charge in [0.15, 0.2) is 5.76 Å². The summed E-state index contributed by atoms with van der Waals surface area (Å²) in [4.78, 5) is 12.3. The van der Waals surface area contributed by atoms with Crippen molar-refractivity contribution in [1.29, 1.82) is 0 Å². The summed E-state index contributed by atoms with van der Waals surface area (Å²) in [5, 5.41) is 0.812. The molecule has 0 bridgehead atoms. The zero-order valence-electron chi connectivity index (χ0n) is 11.0. The molecule has 3 nitrogen and oxygen atoms in total. The first-order valence-corrected chi connectivity index (χ1v) is 6.92. The number of Topliss-reactive ketones (excluding diaryl/α,β-unsaturated/α-hetero) is 1. The van der Waals surface area contributed by atoms with Gasteiger partial charge in [0.25, 0.3) is 0 Å². The number of hydrogen-bond acceptors (Lipinski definition) is 3. The molecular weight excluding hydrogens is 311 g/mol. The lowest BCUT2D eigenvalue weighted by Crippen LogP contribution is -1.98. The zero-order chi connectivity index (χ0) is 15.0. The van der Waals surface area contributed by atoms with E-state index < -0.39 is 0 Å². The average molecular weight is 321 g/mol. The third kappa shape index (κ3) is 2.50. The van der Waals surface area contributed by atoms with E-state index in [0.29, 0.717) is 32.7 Å². The molecule has 1 heterocycles. The van der Waals surface area contributed by atoms with Crippen molar-refractivity contribution in [2.75, 3.05) is 7.11 Å². The van der Waals surface area contributed by atoms with E-state index >= 15 is 0 Å². The predicted molar refractivity (Wildman–Crippen MR) is 82.4 cm³/mol. The molecule has 0 aliphatic carbocycles. The second kappa shape index (κ2) is 5.43. The lowest BCUT2D eigenvalue weighted by atomic mass is 10.1. The van der Waals surface area contributed by atoms with Gasteiger partial charge < -0.3 is 9.47 Å². The topological polar surface area (TPSA) is 35.5 Å². The standard InChI is InChI=1S/C16H10Cl2O3/c1-20-10-5-6-11-13(8-10)21-14(16(11)19)7-9-3-2-4-12(17)15(9)18/h2-8H,1H3/b14-7-. The maximum atomic E-state index is 12.3. The molecule has 0 radical (unpaired) electrons. The van der Waals surface area contributed by atoms with Crippen LogP contribution in [-0.2, 0) is 0 Å². The van der Waals surface area contributed by atoms with Gasteiger partial charge >= 0.3 is 0 Å². The lowest BCUT2D eigenvalue weighted by molar-refractivity contribution is 0.101. The van der Waals surface area contributed by atoms with Crippen LogP contribution >= 0.6 is 23.2 Å². The van der Waals surface area contributed by atoms with Gasteiger partial charge in [0.2, 0.25) is 5.78 Å². The molecule has 106 valence electrons. The summed E-state index contributed by atoms with van der Waals surface area (Å²) in [6.45, 7) is 0. The number of rotatable bonds is 2. The van der Waals surface area contributed by atoms with Gasteiger partial charge in [-0.05, 0) is 29.8 Å². The number of halogens is 2. The van der Waals surface area contributed by atoms with Gasteiger partial charge in [0, 0.05) is 6.07 Å². The maximum absolute atomic E-state index is 12.3. The number of benzene rings is 2. The van der Waals surface area contributed by atoms with Crippen molar-refractivity contribution in [2.24, 2.45) is 0 Å². The molecule has 0 fully saturated rings. The Morgan fingerprint density at radius 2 is 2.00 bits per heavy atom. The molecule has 1 aliphatic rings. The Morgan fingerprint density at radius 3 is 2.76 bits per heavy atom. The fourth-order valence-electron chi connectivity index (χ4n) is 2.07. The summed E-state index contributed by atoms with van der Waals surface area (Å²) in [7, 11) is 1.56. The van der Waals surface area contributed by atoms with Gasteiger partial charge in [0.05, 0.1) is 22.7 Å². The van der Waals surface area contributed by atoms with Crippen LogP contribution < -0.4 is 9.47 Å². The predicted octanol–water partition coefficient (Wildman–Crippen LogP) is 4.62. The van der Waals surface area contributed by atoms with Crippen LogP contribution in [0.2, 0.25) is 10.0 Å². The van der Waals surface area contributed by atoms with E-state index in [1.165, 1.54) is 0 Å². The number of ether oxygens (including phenoxy) is 2. The van der Waals surface area contributed by atoms with E-state index in [1.54, 1.807) is 49.6 Å². The van der Waals surface area contributed by atoms with Crippen LogP contribution in [0.15, 0.2) is 42.2 Å². The van der Waals surface area contributed by atoms with E-state index in [0.717, 1.165) is 0 Å². The highest BCUT2D eigenvalue weighted by Gasteiger charge is 2.27. The highest BCUT2D eigenvalue weighted by atomic mass is 35.5. The van der Waals surface area contributed by atoms with Gasteiger partial charge in [-0.15, -0.1) is 0 Å². The van der Waals surface area contributed by atoms with E-state index in [1.807, 2.05) is 0 Å². The van der Waals surface area contributed by atoms with Gasteiger partial charge in [0.1, 0.15) is 11.5 Å². The van der Waals surface area contributed by atoms with Crippen LogP contribution in [0.25, 0.3) is 6.08 Å².